The number of nitrogens with zero attached hydrogens (tertiary/aromatic N) is 3. The Morgan fingerprint density at radius 1 is 1.06 bits per heavy atom. The highest BCUT2D eigenvalue weighted by atomic mass is 35.5. The number of rotatable bonds is 6. The summed E-state index contributed by atoms with van der Waals surface area (Å²) in [7, 11) is 0. The van der Waals surface area contributed by atoms with E-state index in [1.807, 2.05) is 0 Å². The number of Topliss-reactive ketones (excluding diaryl/α,β-unsaturated/α-hetero) is 2. The molecule has 11 nitrogen and oxygen atoms in total. The van der Waals surface area contributed by atoms with Crippen molar-refractivity contribution >= 4 is 40.7 Å². The van der Waals surface area contributed by atoms with Crippen molar-refractivity contribution in [1.29, 1.82) is 0 Å². The van der Waals surface area contributed by atoms with Crippen LogP contribution in [0.25, 0.3) is 0 Å². The molecule has 1 aliphatic rings. The number of anilines is 1. The van der Waals surface area contributed by atoms with Crippen molar-refractivity contribution < 1.29 is 29.6 Å². The van der Waals surface area contributed by atoms with Crippen LogP contribution in [0, 0.1) is 0 Å². The van der Waals surface area contributed by atoms with E-state index < -0.39 is 53.3 Å². The molecule has 1 aliphatic heterocycles. The van der Waals surface area contributed by atoms with E-state index in [0.717, 1.165) is 6.33 Å². The first-order valence-electron chi connectivity index (χ1n) is 10.1. The zero-order valence-corrected chi connectivity index (χ0v) is 19.2. The molecular weight excluding hydrogens is 503 g/mol. The minimum atomic E-state index is -2.71. The molecule has 0 bridgehead atoms. The molecule has 1 aromatic heterocycles. The summed E-state index contributed by atoms with van der Waals surface area (Å²) in [4.78, 5) is 45.7. The number of aliphatic hydroxyl groups excluding tert-OH is 1. The lowest BCUT2D eigenvalue weighted by atomic mass is 9.82. The highest BCUT2D eigenvalue weighted by Gasteiger charge is 2.63. The van der Waals surface area contributed by atoms with Gasteiger partial charge in [-0.05, 0) is 48.5 Å². The number of ketones is 2. The third-order valence-electron chi connectivity index (χ3n) is 5.57. The molecule has 0 amide bonds. The van der Waals surface area contributed by atoms with Gasteiger partial charge in [0.25, 0.3) is 5.91 Å². The third kappa shape index (κ3) is 4.57. The maximum Gasteiger partial charge on any atom is 0.356 e. The standard InChI is InChI=1S/C22H18Cl2N4O7/c23-13-5-1-11(2-6-13)15(29)16(30)18-21(33,17(31)12-3-7-14(24)8-4-12)9-22(34,35-18)28-10-26-19(25)27-20(28)32/h1-8,10,16,18,30,33-34H,9H2,(H2,25,27,32)/t16?,18-,21-,22+/m1/s1. The number of hydrogen-bond donors (Lipinski definition) is 4. The Labute approximate surface area is 207 Å². The molecule has 2 heterocycles. The van der Waals surface area contributed by atoms with Gasteiger partial charge in [0.15, 0.2) is 17.2 Å². The fourth-order valence-electron chi connectivity index (χ4n) is 3.83. The SMILES string of the molecule is Nc1ncn([C@]2(O)C[C@@](O)(C(=O)c3ccc(Cl)cc3)[C@@H](C(O)C(=O)c3ccc(Cl)cc3)O2)c(=O)n1. The Morgan fingerprint density at radius 2 is 1.60 bits per heavy atom. The Bertz CT molecular complexity index is 1350. The van der Waals surface area contributed by atoms with Gasteiger partial charge in [-0.25, -0.2) is 14.3 Å². The maximum atomic E-state index is 13.4. The van der Waals surface area contributed by atoms with E-state index in [9.17, 15) is 29.7 Å². The molecule has 182 valence electrons. The minimum Gasteiger partial charge on any atom is -0.382 e. The van der Waals surface area contributed by atoms with E-state index in [1.165, 1.54) is 48.5 Å². The number of nitrogen functional groups attached to an aromatic ring is 1. The van der Waals surface area contributed by atoms with E-state index in [-0.39, 0.29) is 11.1 Å². The molecule has 1 fully saturated rings. The van der Waals surface area contributed by atoms with E-state index in [2.05, 4.69) is 9.97 Å². The maximum absolute atomic E-state index is 13.4. The van der Waals surface area contributed by atoms with Crippen LogP contribution in [0.3, 0.4) is 0 Å². The number of ether oxygens (including phenoxy) is 1. The molecule has 4 atom stereocenters. The third-order valence-corrected chi connectivity index (χ3v) is 6.07. The van der Waals surface area contributed by atoms with Crippen LogP contribution < -0.4 is 11.4 Å². The number of carbonyl (C=O) groups is 2. The number of benzene rings is 2. The van der Waals surface area contributed by atoms with Gasteiger partial charge in [0.1, 0.15) is 18.5 Å². The first-order valence-corrected chi connectivity index (χ1v) is 10.8. The van der Waals surface area contributed by atoms with Gasteiger partial charge in [0.05, 0.1) is 6.42 Å². The number of hydrogen-bond acceptors (Lipinski definition) is 10. The van der Waals surface area contributed by atoms with Gasteiger partial charge in [-0.3, -0.25) is 9.59 Å². The molecule has 13 heteroatoms. The van der Waals surface area contributed by atoms with Crippen molar-refractivity contribution in [3.05, 3.63) is 86.5 Å². The average Bonchev–Trinajstić information content (AvgIpc) is 3.10. The Morgan fingerprint density at radius 3 is 2.14 bits per heavy atom. The number of halogens is 2. The van der Waals surface area contributed by atoms with Crippen molar-refractivity contribution in [2.45, 2.75) is 30.1 Å². The molecule has 0 aliphatic carbocycles. The number of aliphatic hydroxyl groups is 3. The number of carbonyl (C=O) groups excluding carboxylic acids is 2. The van der Waals surface area contributed by atoms with Gasteiger partial charge in [-0.15, -0.1) is 0 Å². The zero-order valence-electron chi connectivity index (χ0n) is 17.7. The van der Waals surface area contributed by atoms with Crippen LogP contribution in [-0.4, -0.2) is 59.2 Å². The van der Waals surface area contributed by atoms with Gasteiger partial charge in [0.2, 0.25) is 5.95 Å². The quantitative estimate of drug-likeness (QED) is 0.339. The van der Waals surface area contributed by atoms with Crippen LogP contribution in [0.4, 0.5) is 5.95 Å². The predicted octanol–water partition coefficient (Wildman–Crippen LogP) is 0.777. The summed E-state index contributed by atoms with van der Waals surface area (Å²) in [5.41, 5.74) is 1.54. The second-order valence-electron chi connectivity index (χ2n) is 7.90. The van der Waals surface area contributed by atoms with E-state index in [1.54, 1.807) is 0 Å². The Kier molecular flexibility index (Phi) is 6.49. The van der Waals surface area contributed by atoms with Crippen molar-refractivity contribution in [1.82, 2.24) is 14.5 Å². The fourth-order valence-corrected chi connectivity index (χ4v) is 4.08. The number of nitrogens with two attached hydrogens (primary N) is 1. The van der Waals surface area contributed by atoms with E-state index >= 15 is 0 Å². The Balaban J connectivity index is 1.79. The monoisotopic (exact) mass is 520 g/mol. The summed E-state index contributed by atoms with van der Waals surface area (Å²) in [6.45, 7) is 0. The molecule has 1 saturated heterocycles. The summed E-state index contributed by atoms with van der Waals surface area (Å²) < 4.78 is 5.96. The molecule has 5 N–H and O–H groups in total. The molecule has 0 saturated carbocycles. The van der Waals surface area contributed by atoms with Crippen LogP contribution in [0.15, 0.2) is 59.7 Å². The van der Waals surface area contributed by atoms with Crippen LogP contribution in [0.5, 0.6) is 0 Å². The summed E-state index contributed by atoms with van der Waals surface area (Å²) in [5, 5.41) is 34.2. The lowest BCUT2D eigenvalue weighted by molar-refractivity contribution is -0.263. The zero-order chi connectivity index (χ0) is 25.5. The van der Waals surface area contributed by atoms with Crippen LogP contribution in [-0.2, 0) is 10.6 Å². The first-order chi connectivity index (χ1) is 16.4. The Hall–Kier alpha value is -3.19. The lowest BCUT2D eigenvalue weighted by Crippen LogP contribution is -2.53. The van der Waals surface area contributed by atoms with Crippen LogP contribution in [0.1, 0.15) is 27.1 Å². The molecule has 35 heavy (non-hydrogen) atoms. The average molecular weight is 521 g/mol. The first kappa shape index (κ1) is 24.9. The van der Waals surface area contributed by atoms with Gasteiger partial charge in [0, 0.05) is 21.2 Å². The largest absolute Gasteiger partial charge is 0.382 e. The molecule has 0 radical (unpaired) electrons. The smallest absolute Gasteiger partial charge is 0.356 e. The normalized spacial score (nSPS) is 24.8. The fraction of sp³-hybridized carbons (Fsp3) is 0.227. The van der Waals surface area contributed by atoms with Gasteiger partial charge < -0.3 is 25.8 Å². The van der Waals surface area contributed by atoms with Gasteiger partial charge in [-0.2, -0.15) is 4.98 Å². The lowest BCUT2D eigenvalue weighted by Gasteiger charge is -2.29. The second-order valence-corrected chi connectivity index (χ2v) is 8.77. The van der Waals surface area contributed by atoms with Gasteiger partial charge in [-0.1, -0.05) is 23.2 Å². The minimum absolute atomic E-state index is 0.00443. The van der Waals surface area contributed by atoms with Crippen molar-refractivity contribution in [2.75, 3.05) is 5.73 Å². The molecule has 0 spiro atoms. The summed E-state index contributed by atoms with van der Waals surface area (Å²) >= 11 is 11.7. The van der Waals surface area contributed by atoms with E-state index in [4.69, 9.17) is 33.7 Å². The van der Waals surface area contributed by atoms with Crippen LogP contribution >= 0.6 is 23.2 Å². The van der Waals surface area contributed by atoms with E-state index in [0.29, 0.717) is 14.6 Å². The molecule has 3 aromatic rings. The van der Waals surface area contributed by atoms with Crippen LogP contribution in [0.2, 0.25) is 10.0 Å². The van der Waals surface area contributed by atoms with Crippen molar-refractivity contribution in [3.63, 3.8) is 0 Å². The topological polar surface area (TPSA) is 178 Å². The molecule has 4 rings (SSSR count). The van der Waals surface area contributed by atoms with Crippen molar-refractivity contribution in [2.24, 2.45) is 0 Å². The summed E-state index contributed by atoms with van der Waals surface area (Å²) in [6, 6.07) is 10.9. The predicted molar refractivity (Wildman–Crippen MR) is 123 cm³/mol. The number of aromatic nitrogens is 3. The molecule has 1 unspecified atom stereocenters. The second kappa shape index (κ2) is 9.11. The summed E-state index contributed by atoms with van der Waals surface area (Å²) in [6.07, 6.45) is -4.31. The molecule has 2 aromatic carbocycles. The van der Waals surface area contributed by atoms with Crippen molar-refractivity contribution in [3.8, 4) is 0 Å². The molecular formula is C22H18Cl2N4O7. The summed E-state index contributed by atoms with van der Waals surface area (Å²) in [5.74, 6) is -5.04. The van der Waals surface area contributed by atoms with Gasteiger partial charge >= 0.3 is 5.69 Å². The highest BCUT2D eigenvalue weighted by molar-refractivity contribution is 6.31. The highest BCUT2D eigenvalue weighted by Crippen LogP contribution is 2.43.